The quantitative estimate of drug-likeness (QED) is 0.428. The average Bonchev–Trinajstić information content (AvgIpc) is 2.95. The van der Waals surface area contributed by atoms with Crippen LogP contribution >= 0.6 is 11.1 Å². The molecule has 2 atom stereocenters. The van der Waals surface area contributed by atoms with E-state index >= 15 is 0 Å². The highest BCUT2D eigenvalue weighted by molar-refractivity contribution is 7.21. The van der Waals surface area contributed by atoms with Crippen LogP contribution in [-0.2, 0) is 9.53 Å². The van der Waals surface area contributed by atoms with Gasteiger partial charge in [0.15, 0.2) is 7.38 Å². The van der Waals surface area contributed by atoms with Crippen LogP contribution in [0.4, 0.5) is 0 Å². The third kappa shape index (κ3) is 2.80. The minimum atomic E-state index is -1.74. The zero-order valence-corrected chi connectivity index (χ0v) is 12.7. The van der Waals surface area contributed by atoms with Crippen molar-refractivity contribution in [2.24, 2.45) is 11.8 Å². The Hall–Kier alpha value is -0.0231. The molecular weight excluding hydrogens is 240 g/mol. The Balaban J connectivity index is 2.57. The third-order valence-corrected chi connectivity index (χ3v) is 12.0. The molecule has 16 heavy (non-hydrogen) atoms. The van der Waals surface area contributed by atoms with E-state index in [-0.39, 0.29) is 11.9 Å². The van der Waals surface area contributed by atoms with Gasteiger partial charge in [0.05, 0.1) is 13.0 Å². The van der Waals surface area contributed by atoms with Crippen LogP contribution in [0.2, 0.25) is 17.1 Å². The summed E-state index contributed by atoms with van der Waals surface area (Å²) in [5.74, 6) is 0.570. The van der Waals surface area contributed by atoms with Crippen molar-refractivity contribution in [2.75, 3.05) is 7.11 Å². The highest BCUT2D eigenvalue weighted by Gasteiger charge is 2.50. The maximum Gasteiger partial charge on any atom is 0.308 e. The lowest BCUT2D eigenvalue weighted by Gasteiger charge is -2.32. The predicted molar refractivity (Wildman–Crippen MR) is 70.2 cm³/mol. The summed E-state index contributed by atoms with van der Waals surface area (Å²) in [6.07, 6.45) is 0.980. The second kappa shape index (κ2) is 5.09. The molecule has 1 fully saturated rings. The first-order chi connectivity index (χ1) is 7.32. The van der Waals surface area contributed by atoms with Gasteiger partial charge in [-0.25, -0.2) is 0 Å². The minimum Gasteiger partial charge on any atom is -0.469 e. The molecule has 0 aromatic heterocycles. The van der Waals surface area contributed by atoms with Crippen molar-refractivity contribution >= 4 is 24.4 Å². The van der Waals surface area contributed by atoms with Crippen LogP contribution < -0.4 is 0 Å². The van der Waals surface area contributed by atoms with Gasteiger partial charge in [-0.3, -0.25) is 4.79 Å². The zero-order valence-electron chi connectivity index (χ0n) is 10.9. The van der Waals surface area contributed by atoms with E-state index in [9.17, 15) is 4.79 Å². The van der Waals surface area contributed by atoms with E-state index in [1.165, 1.54) is 7.11 Å². The smallest absolute Gasteiger partial charge is 0.308 e. The SMILES string of the molecule is COC(=O)C1CC1C[Si](Cl)(C(C)C)C(C)C. The molecule has 0 N–H and O–H groups in total. The summed E-state index contributed by atoms with van der Waals surface area (Å²) in [6, 6.07) is 1.06. The van der Waals surface area contributed by atoms with Crippen LogP contribution in [-0.4, -0.2) is 20.5 Å². The summed E-state index contributed by atoms with van der Waals surface area (Å²) in [4.78, 5) is 11.4. The van der Waals surface area contributed by atoms with Crippen LogP contribution in [0.25, 0.3) is 0 Å². The highest BCUT2D eigenvalue weighted by Crippen LogP contribution is 2.51. The van der Waals surface area contributed by atoms with Gasteiger partial charge >= 0.3 is 5.97 Å². The van der Waals surface area contributed by atoms with Gasteiger partial charge in [0, 0.05) is 0 Å². The first-order valence-corrected chi connectivity index (χ1v) is 9.47. The van der Waals surface area contributed by atoms with Crippen molar-refractivity contribution in [3.8, 4) is 0 Å². The topological polar surface area (TPSA) is 26.3 Å². The maximum atomic E-state index is 11.4. The molecule has 94 valence electrons. The van der Waals surface area contributed by atoms with Crippen molar-refractivity contribution in [1.29, 1.82) is 0 Å². The first kappa shape index (κ1) is 14.0. The minimum absolute atomic E-state index is 0.0504. The number of hydrogen-bond donors (Lipinski definition) is 0. The fourth-order valence-electron chi connectivity index (χ4n) is 2.45. The first-order valence-electron chi connectivity index (χ1n) is 6.09. The number of hydrogen-bond acceptors (Lipinski definition) is 2. The summed E-state index contributed by atoms with van der Waals surface area (Å²) in [5.41, 5.74) is 1.13. The predicted octanol–water partition coefficient (Wildman–Crippen LogP) is 3.80. The molecule has 0 spiro atoms. The van der Waals surface area contributed by atoms with Crippen molar-refractivity contribution in [3.63, 3.8) is 0 Å². The molecule has 0 amide bonds. The zero-order chi connectivity index (χ0) is 12.5. The summed E-state index contributed by atoms with van der Waals surface area (Å²) in [5, 5.41) is 0. The van der Waals surface area contributed by atoms with E-state index in [0.717, 1.165) is 12.5 Å². The largest absolute Gasteiger partial charge is 0.469 e. The van der Waals surface area contributed by atoms with E-state index in [1.807, 2.05) is 0 Å². The lowest BCUT2D eigenvalue weighted by Crippen LogP contribution is -2.35. The van der Waals surface area contributed by atoms with Gasteiger partial charge < -0.3 is 4.74 Å². The Morgan fingerprint density at radius 1 is 1.38 bits per heavy atom. The lowest BCUT2D eigenvalue weighted by atomic mass is 10.3. The molecule has 0 bridgehead atoms. The Labute approximate surface area is 104 Å². The van der Waals surface area contributed by atoms with Crippen LogP contribution in [0.15, 0.2) is 0 Å². The number of methoxy groups -OCH3 is 1. The van der Waals surface area contributed by atoms with Gasteiger partial charge in [-0.1, -0.05) is 27.7 Å². The number of esters is 1. The molecule has 0 saturated heterocycles. The van der Waals surface area contributed by atoms with E-state index in [0.29, 0.717) is 17.0 Å². The fraction of sp³-hybridized carbons (Fsp3) is 0.917. The Kier molecular flexibility index (Phi) is 4.47. The Morgan fingerprint density at radius 3 is 2.25 bits per heavy atom. The highest BCUT2D eigenvalue weighted by atomic mass is 35.6. The molecule has 0 heterocycles. The molecule has 2 unspecified atom stereocenters. The average molecular weight is 263 g/mol. The van der Waals surface area contributed by atoms with E-state index in [4.69, 9.17) is 15.8 Å². The standard InChI is InChI=1S/C12H23ClO2Si/c1-8(2)16(13,9(3)4)7-10-6-11(10)12(14)15-5/h8-11H,6-7H2,1-5H3. The van der Waals surface area contributed by atoms with E-state index in [1.54, 1.807) is 0 Å². The van der Waals surface area contributed by atoms with Crippen molar-refractivity contribution < 1.29 is 9.53 Å². The van der Waals surface area contributed by atoms with Gasteiger partial charge in [-0.05, 0) is 29.5 Å². The Morgan fingerprint density at radius 2 is 1.88 bits per heavy atom. The van der Waals surface area contributed by atoms with Crippen molar-refractivity contribution in [1.82, 2.24) is 0 Å². The molecule has 0 aromatic carbocycles. The summed E-state index contributed by atoms with van der Waals surface area (Å²) < 4.78 is 4.77. The maximum absolute atomic E-state index is 11.4. The van der Waals surface area contributed by atoms with E-state index < -0.39 is 7.38 Å². The van der Waals surface area contributed by atoms with Gasteiger partial charge in [-0.15, -0.1) is 0 Å². The molecule has 4 heteroatoms. The molecule has 0 aliphatic heterocycles. The third-order valence-electron chi connectivity index (χ3n) is 3.92. The van der Waals surface area contributed by atoms with Crippen molar-refractivity contribution in [2.45, 2.75) is 51.2 Å². The fourth-order valence-corrected chi connectivity index (χ4v) is 6.58. The van der Waals surface area contributed by atoms with Crippen molar-refractivity contribution in [3.05, 3.63) is 0 Å². The van der Waals surface area contributed by atoms with Crippen LogP contribution in [0, 0.1) is 11.8 Å². The molecule has 0 radical (unpaired) electrons. The molecule has 2 nitrogen and oxygen atoms in total. The summed E-state index contributed by atoms with van der Waals surface area (Å²) in [7, 11) is -0.274. The molecular formula is C12H23ClO2Si. The van der Waals surface area contributed by atoms with Gasteiger partial charge in [-0.2, -0.15) is 11.1 Å². The number of rotatable bonds is 5. The van der Waals surface area contributed by atoms with Gasteiger partial charge in [0.1, 0.15) is 0 Å². The normalized spacial score (nSPS) is 25.0. The van der Waals surface area contributed by atoms with E-state index in [2.05, 4.69) is 27.7 Å². The number of carbonyl (C=O) groups is 1. The monoisotopic (exact) mass is 262 g/mol. The van der Waals surface area contributed by atoms with Gasteiger partial charge in [0.2, 0.25) is 0 Å². The molecule has 1 aliphatic rings. The number of ether oxygens (including phenoxy) is 1. The molecule has 1 saturated carbocycles. The van der Waals surface area contributed by atoms with Gasteiger partial charge in [0.25, 0.3) is 0 Å². The number of carbonyl (C=O) groups excluding carboxylic acids is 1. The molecule has 1 aliphatic carbocycles. The number of halogens is 1. The lowest BCUT2D eigenvalue weighted by molar-refractivity contribution is -0.142. The molecule has 0 aromatic rings. The second-order valence-electron chi connectivity index (χ2n) is 5.57. The van der Waals surface area contributed by atoms with Crippen LogP contribution in [0.3, 0.4) is 0 Å². The molecule has 1 rings (SSSR count). The van der Waals surface area contributed by atoms with Crippen LogP contribution in [0.1, 0.15) is 34.1 Å². The summed E-state index contributed by atoms with van der Waals surface area (Å²) >= 11 is 6.84. The summed E-state index contributed by atoms with van der Waals surface area (Å²) in [6.45, 7) is 8.87. The van der Waals surface area contributed by atoms with Crippen LogP contribution in [0.5, 0.6) is 0 Å². The second-order valence-corrected chi connectivity index (χ2v) is 12.2. The Bertz CT molecular complexity index is 258.